The van der Waals surface area contributed by atoms with Crippen LogP contribution >= 0.6 is 0 Å². The van der Waals surface area contributed by atoms with E-state index in [-0.39, 0.29) is 55.4 Å². The van der Waals surface area contributed by atoms with Gasteiger partial charge in [-0.3, -0.25) is 24.0 Å². The molecule has 0 spiro atoms. The third-order valence-electron chi connectivity index (χ3n) is 7.08. The van der Waals surface area contributed by atoms with E-state index in [4.69, 9.17) is 28.4 Å². The van der Waals surface area contributed by atoms with Gasteiger partial charge < -0.3 is 28.4 Å². The maximum Gasteiger partial charge on any atom is 0.333 e. The molecule has 0 aromatic rings. The molecular weight excluding hydrogens is 612 g/mol. The Morgan fingerprint density at radius 2 is 0.787 bits per heavy atom. The van der Waals surface area contributed by atoms with Crippen molar-refractivity contribution < 1.29 is 57.2 Å². The van der Waals surface area contributed by atoms with Crippen LogP contribution in [0.4, 0.5) is 0 Å². The first-order valence-electron chi connectivity index (χ1n) is 17.2. The molecule has 0 aliphatic carbocycles. The van der Waals surface area contributed by atoms with Crippen molar-refractivity contribution in [2.75, 3.05) is 39.6 Å². The Balaban J connectivity index is 3.49. The van der Waals surface area contributed by atoms with Crippen molar-refractivity contribution in [1.82, 2.24) is 0 Å². The van der Waals surface area contributed by atoms with Crippen LogP contribution in [0.2, 0.25) is 0 Å². The lowest BCUT2D eigenvalue weighted by Gasteiger charge is -2.09. The van der Waals surface area contributed by atoms with Gasteiger partial charge in [0.25, 0.3) is 0 Å². The summed E-state index contributed by atoms with van der Waals surface area (Å²) < 4.78 is 30.7. The van der Waals surface area contributed by atoms with Gasteiger partial charge in [0, 0.05) is 31.3 Å². The number of rotatable bonds is 30. The summed E-state index contributed by atoms with van der Waals surface area (Å²) in [4.78, 5) is 70.0. The third-order valence-corrected chi connectivity index (χ3v) is 7.08. The zero-order valence-corrected chi connectivity index (χ0v) is 28.9. The summed E-state index contributed by atoms with van der Waals surface area (Å²) in [6.45, 7) is 10.2. The first-order chi connectivity index (χ1) is 22.6. The molecule has 0 saturated heterocycles. The summed E-state index contributed by atoms with van der Waals surface area (Å²) in [6.07, 6.45) is 10.2. The SMILES string of the molecule is C=C(C)C(=O)OCCCCCC(=O)OCCCCCC(=O)OCCCCCC(=O)OCCCCCC(=O)OCCOC(=O)C(C)CC. The van der Waals surface area contributed by atoms with Crippen molar-refractivity contribution in [3.05, 3.63) is 12.2 Å². The van der Waals surface area contributed by atoms with Crippen LogP contribution in [0, 0.1) is 5.92 Å². The van der Waals surface area contributed by atoms with Crippen molar-refractivity contribution in [2.24, 2.45) is 5.92 Å². The van der Waals surface area contributed by atoms with E-state index in [2.05, 4.69) is 6.58 Å². The van der Waals surface area contributed by atoms with Crippen LogP contribution in [0.1, 0.15) is 130 Å². The minimum absolute atomic E-state index is 0.0479. The average Bonchev–Trinajstić information content (AvgIpc) is 3.04. The maximum absolute atomic E-state index is 11.9. The second-order valence-corrected chi connectivity index (χ2v) is 11.5. The highest BCUT2D eigenvalue weighted by molar-refractivity contribution is 5.86. The van der Waals surface area contributed by atoms with Gasteiger partial charge in [-0.25, -0.2) is 4.79 Å². The maximum atomic E-state index is 11.9. The summed E-state index contributed by atoms with van der Waals surface area (Å²) in [5, 5.41) is 0. The molecule has 0 aromatic heterocycles. The van der Waals surface area contributed by atoms with Gasteiger partial charge in [-0.05, 0) is 90.4 Å². The number of hydrogen-bond acceptors (Lipinski definition) is 12. The molecular formula is C35H58O12. The van der Waals surface area contributed by atoms with Crippen LogP contribution in [0.15, 0.2) is 12.2 Å². The highest BCUT2D eigenvalue weighted by atomic mass is 16.6. The normalized spacial score (nSPS) is 11.2. The minimum atomic E-state index is -0.401. The molecule has 0 saturated carbocycles. The Morgan fingerprint density at radius 3 is 1.13 bits per heavy atom. The van der Waals surface area contributed by atoms with Gasteiger partial charge in [0.15, 0.2) is 0 Å². The Hall–Kier alpha value is -3.44. The van der Waals surface area contributed by atoms with Crippen LogP contribution in [0.3, 0.4) is 0 Å². The lowest BCUT2D eigenvalue weighted by Crippen LogP contribution is -2.18. The zero-order chi connectivity index (χ0) is 35.1. The molecule has 0 radical (unpaired) electrons. The highest BCUT2D eigenvalue weighted by Gasteiger charge is 2.12. The number of ether oxygens (including phenoxy) is 6. The smallest absolute Gasteiger partial charge is 0.333 e. The monoisotopic (exact) mass is 670 g/mol. The molecule has 0 fully saturated rings. The fourth-order valence-corrected chi connectivity index (χ4v) is 3.93. The third kappa shape index (κ3) is 28.5. The van der Waals surface area contributed by atoms with Crippen LogP contribution in [0.25, 0.3) is 0 Å². The first-order valence-corrected chi connectivity index (χ1v) is 17.2. The molecule has 0 amide bonds. The van der Waals surface area contributed by atoms with Crippen molar-refractivity contribution in [3.63, 3.8) is 0 Å². The van der Waals surface area contributed by atoms with Crippen LogP contribution in [-0.2, 0) is 57.2 Å². The first kappa shape index (κ1) is 43.6. The molecule has 0 aromatic carbocycles. The molecule has 1 atom stereocenters. The average molecular weight is 671 g/mol. The van der Waals surface area contributed by atoms with E-state index < -0.39 is 5.97 Å². The van der Waals surface area contributed by atoms with Gasteiger partial charge in [-0.2, -0.15) is 0 Å². The number of hydrogen-bond donors (Lipinski definition) is 0. The van der Waals surface area contributed by atoms with Gasteiger partial charge in [-0.1, -0.05) is 20.4 Å². The highest BCUT2D eigenvalue weighted by Crippen LogP contribution is 2.08. The van der Waals surface area contributed by atoms with Gasteiger partial charge in [0.05, 0.1) is 32.3 Å². The Labute approximate surface area is 280 Å². The molecule has 12 nitrogen and oxygen atoms in total. The molecule has 0 rings (SSSR count). The largest absolute Gasteiger partial charge is 0.466 e. The fraction of sp³-hybridized carbons (Fsp3) is 0.771. The predicted octanol–water partition coefficient (Wildman–Crippen LogP) is 6.11. The standard InChI is InChI=1S/C35H58O12/c1-5-29(4)35(41)47-27-26-45-33(39)21-12-8-16-24-43-31(37)19-10-6-14-22-42-30(36)18-11-7-15-23-44-32(38)20-13-9-17-25-46-34(40)28(2)3/h29H,2,5-27H2,1,3-4H3. The van der Waals surface area contributed by atoms with E-state index >= 15 is 0 Å². The van der Waals surface area contributed by atoms with Crippen LogP contribution in [0.5, 0.6) is 0 Å². The van der Waals surface area contributed by atoms with Crippen molar-refractivity contribution in [2.45, 2.75) is 130 Å². The number of unbranched alkanes of at least 4 members (excludes halogenated alkanes) is 8. The molecule has 270 valence electrons. The molecule has 0 bridgehead atoms. The van der Waals surface area contributed by atoms with E-state index in [1.165, 1.54) is 0 Å². The van der Waals surface area contributed by atoms with E-state index in [1.54, 1.807) is 13.8 Å². The number of carbonyl (C=O) groups is 6. The summed E-state index contributed by atoms with van der Waals surface area (Å²) in [5.74, 6) is -1.97. The summed E-state index contributed by atoms with van der Waals surface area (Å²) in [7, 11) is 0. The van der Waals surface area contributed by atoms with E-state index in [0.717, 1.165) is 25.7 Å². The molecule has 0 aliphatic rings. The van der Waals surface area contributed by atoms with Crippen LogP contribution < -0.4 is 0 Å². The van der Waals surface area contributed by atoms with E-state index in [1.807, 2.05) is 6.92 Å². The Kier molecular flexibility index (Phi) is 27.7. The second kappa shape index (κ2) is 29.9. The van der Waals surface area contributed by atoms with Crippen LogP contribution in [-0.4, -0.2) is 75.5 Å². The molecule has 1 unspecified atom stereocenters. The summed E-state index contributed by atoms with van der Waals surface area (Å²) in [5.41, 5.74) is 0.368. The predicted molar refractivity (Wildman–Crippen MR) is 174 cm³/mol. The van der Waals surface area contributed by atoms with Gasteiger partial charge >= 0.3 is 35.8 Å². The topological polar surface area (TPSA) is 158 Å². The molecule has 12 heteroatoms. The molecule has 0 N–H and O–H groups in total. The van der Waals surface area contributed by atoms with E-state index in [9.17, 15) is 28.8 Å². The van der Waals surface area contributed by atoms with Gasteiger partial charge in [-0.15, -0.1) is 0 Å². The minimum Gasteiger partial charge on any atom is -0.466 e. The lowest BCUT2D eigenvalue weighted by atomic mass is 10.1. The summed E-state index contributed by atoms with van der Waals surface area (Å²) in [6, 6.07) is 0. The quantitative estimate of drug-likeness (QED) is 0.0374. The van der Waals surface area contributed by atoms with Crippen molar-refractivity contribution in [1.29, 1.82) is 0 Å². The Bertz CT molecular complexity index is 930. The van der Waals surface area contributed by atoms with E-state index in [0.29, 0.717) is 109 Å². The summed E-state index contributed by atoms with van der Waals surface area (Å²) >= 11 is 0. The van der Waals surface area contributed by atoms with Gasteiger partial charge in [0.2, 0.25) is 0 Å². The second-order valence-electron chi connectivity index (χ2n) is 11.5. The molecule has 0 heterocycles. The zero-order valence-electron chi connectivity index (χ0n) is 28.9. The number of esters is 6. The van der Waals surface area contributed by atoms with Gasteiger partial charge in [0.1, 0.15) is 13.2 Å². The van der Waals surface area contributed by atoms with Crippen molar-refractivity contribution >= 4 is 35.8 Å². The molecule has 0 aliphatic heterocycles. The number of carbonyl (C=O) groups excluding carboxylic acids is 6. The van der Waals surface area contributed by atoms with Crippen molar-refractivity contribution in [3.8, 4) is 0 Å². The Morgan fingerprint density at radius 1 is 0.468 bits per heavy atom. The lowest BCUT2D eigenvalue weighted by molar-refractivity contribution is -0.154. The fourth-order valence-electron chi connectivity index (χ4n) is 3.93. The molecule has 47 heavy (non-hydrogen) atoms.